The fourth-order valence-electron chi connectivity index (χ4n) is 0.946. The molecule has 0 radical (unpaired) electrons. The highest BCUT2D eigenvalue weighted by Crippen LogP contribution is 2.05. The van der Waals surface area contributed by atoms with Gasteiger partial charge in [0.15, 0.2) is 0 Å². The summed E-state index contributed by atoms with van der Waals surface area (Å²) in [5.41, 5.74) is 2.30. The summed E-state index contributed by atoms with van der Waals surface area (Å²) in [6, 6.07) is 4.14. The normalized spacial score (nSPS) is 9.30. The molecule has 52 valence electrons. The van der Waals surface area contributed by atoms with Gasteiger partial charge in [0.05, 0.1) is 12.5 Å². The van der Waals surface area contributed by atoms with Crippen LogP contribution in [-0.2, 0) is 13.5 Å². The van der Waals surface area contributed by atoms with Gasteiger partial charge in [-0.05, 0) is 18.6 Å². The van der Waals surface area contributed by atoms with E-state index in [0.29, 0.717) is 6.42 Å². The van der Waals surface area contributed by atoms with Crippen molar-refractivity contribution in [2.24, 2.45) is 7.05 Å². The second-order valence-corrected chi connectivity index (χ2v) is 2.44. The van der Waals surface area contributed by atoms with Gasteiger partial charge in [-0.25, -0.2) is 0 Å². The largest absolute Gasteiger partial charge is 0.354 e. The van der Waals surface area contributed by atoms with Crippen molar-refractivity contribution in [3.8, 4) is 6.07 Å². The molecule has 1 aromatic heterocycles. The van der Waals surface area contributed by atoms with Crippen LogP contribution in [0.1, 0.15) is 11.3 Å². The number of hydrogen-bond acceptors (Lipinski definition) is 1. The fourth-order valence-corrected chi connectivity index (χ4v) is 0.946. The average molecular weight is 134 g/mol. The second-order valence-electron chi connectivity index (χ2n) is 2.44. The molecule has 1 aromatic rings. The Morgan fingerprint density at radius 2 is 2.40 bits per heavy atom. The third kappa shape index (κ3) is 1.19. The monoisotopic (exact) mass is 134 g/mol. The molecule has 0 fully saturated rings. The quantitative estimate of drug-likeness (QED) is 0.570. The van der Waals surface area contributed by atoms with Crippen LogP contribution in [0, 0.1) is 18.3 Å². The number of aromatic nitrogens is 1. The van der Waals surface area contributed by atoms with Crippen molar-refractivity contribution in [3.05, 3.63) is 23.5 Å². The summed E-state index contributed by atoms with van der Waals surface area (Å²) in [6.07, 6.45) is 2.50. The lowest BCUT2D eigenvalue weighted by Gasteiger charge is -1.90. The Morgan fingerprint density at radius 3 is 2.80 bits per heavy atom. The van der Waals surface area contributed by atoms with Crippen LogP contribution in [0.25, 0.3) is 0 Å². The van der Waals surface area contributed by atoms with E-state index in [1.165, 1.54) is 5.69 Å². The Balaban J connectivity index is 2.90. The third-order valence-electron chi connectivity index (χ3n) is 1.59. The van der Waals surface area contributed by atoms with Crippen LogP contribution in [0.3, 0.4) is 0 Å². The lowest BCUT2D eigenvalue weighted by molar-refractivity contribution is 0.879. The van der Waals surface area contributed by atoms with Gasteiger partial charge in [-0.15, -0.1) is 0 Å². The standard InChI is InChI=1S/C8H10N2/c1-7-5-8(3-4-9)6-10(7)2/h5-6H,3H2,1-2H3. The molecule has 0 aliphatic rings. The van der Waals surface area contributed by atoms with Gasteiger partial charge in [0.2, 0.25) is 0 Å². The number of aryl methyl sites for hydroxylation is 2. The third-order valence-corrected chi connectivity index (χ3v) is 1.59. The van der Waals surface area contributed by atoms with Gasteiger partial charge in [0.1, 0.15) is 0 Å². The Bertz CT molecular complexity index is 246. The summed E-state index contributed by atoms with van der Waals surface area (Å²) in [6.45, 7) is 2.03. The fraction of sp³-hybridized carbons (Fsp3) is 0.375. The molecule has 0 amide bonds. The van der Waals surface area contributed by atoms with E-state index in [1.54, 1.807) is 0 Å². The summed E-state index contributed by atoms with van der Waals surface area (Å²) in [5.74, 6) is 0. The highest BCUT2D eigenvalue weighted by molar-refractivity contribution is 5.20. The summed E-state index contributed by atoms with van der Waals surface area (Å²) in [7, 11) is 1.98. The van der Waals surface area contributed by atoms with Crippen LogP contribution >= 0.6 is 0 Å². The summed E-state index contributed by atoms with van der Waals surface area (Å²) in [5, 5.41) is 8.36. The lowest BCUT2D eigenvalue weighted by Crippen LogP contribution is -1.85. The molecule has 2 nitrogen and oxygen atoms in total. The van der Waals surface area contributed by atoms with E-state index in [1.807, 2.05) is 30.8 Å². The molecule has 0 saturated heterocycles. The van der Waals surface area contributed by atoms with Gasteiger partial charge in [-0.3, -0.25) is 0 Å². The molecular weight excluding hydrogens is 124 g/mol. The van der Waals surface area contributed by atoms with Crippen molar-refractivity contribution in [1.82, 2.24) is 4.57 Å². The highest BCUT2D eigenvalue weighted by atomic mass is 14.9. The van der Waals surface area contributed by atoms with Crippen molar-refractivity contribution >= 4 is 0 Å². The van der Waals surface area contributed by atoms with Crippen LogP contribution in [0.5, 0.6) is 0 Å². The molecule has 1 heterocycles. The molecule has 0 aliphatic carbocycles. The van der Waals surface area contributed by atoms with Gasteiger partial charge in [0, 0.05) is 18.9 Å². The Labute approximate surface area is 60.7 Å². The predicted octanol–water partition coefficient (Wildman–Crippen LogP) is 1.40. The first-order valence-corrected chi connectivity index (χ1v) is 3.23. The number of rotatable bonds is 1. The molecule has 1 rings (SSSR count). The van der Waals surface area contributed by atoms with Crippen LogP contribution < -0.4 is 0 Å². The van der Waals surface area contributed by atoms with Crippen molar-refractivity contribution in [3.63, 3.8) is 0 Å². The number of hydrogen-bond donors (Lipinski definition) is 0. The smallest absolute Gasteiger partial charge is 0.0670 e. The van der Waals surface area contributed by atoms with Crippen LogP contribution in [0.2, 0.25) is 0 Å². The maximum absolute atomic E-state index is 8.36. The van der Waals surface area contributed by atoms with Crippen LogP contribution in [-0.4, -0.2) is 4.57 Å². The molecular formula is C8H10N2. The van der Waals surface area contributed by atoms with E-state index < -0.39 is 0 Å². The lowest BCUT2D eigenvalue weighted by atomic mass is 10.2. The van der Waals surface area contributed by atoms with E-state index in [9.17, 15) is 0 Å². The molecule has 0 aliphatic heterocycles. The second kappa shape index (κ2) is 2.57. The van der Waals surface area contributed by atoms with E-state index in [-0.39, 0.29) is 0 Å². The van der Waals surface area contributed by atoms with Gasteiger partial charge in [-0.2, -0.15) is 5.26 Å². The van der Waals surface area contributed by atoms with E-state index in [2.05, 4.69) is 6.07 Å². The Kier molecular flexibility index (Phi) is 1.77. The van der Waals surface area contributed by atoms with E-state index >= 15 is 0 Å². The maximum Gasteiger partial charge on any atom is 0.0670 e. The zero-order valence-corrected chi connectivity index (χ0v) is 6.26. The average Bonchev–Trinajstić information content (AvgIpc) is 2.14. The molecule has 0 aromatic carbocycles. The number of nitrogens with zero attached hydrogens (tertiary/aromatic N) is 2. The molecule has 0 atom stereocenters. The first-order chi connectivity index (χ1) is 4.74. The van der Waals surface area contributed by atoms with Crippen molar-refractivity contribution < 1.29 is 0 Å². The molecule has 0 spiro atoms. The molecule has 10 heavy (non-hydrogen) atoms. The van der Waals surface area contributed by atoms with Gasteiger partial charge < -0.3 is 4.57 Å². The zero-order chi connectivity index (χ0) is 7.56. The molecule has 0 N–H and O–H groups in total. The first-order valence-electron chi connectivity index (χ1n) is 3.23. The minimum atomic E-state index is 0.516. The summed E-state index contributed by atoms with van der Waals surface area (Å²) < 4.78 is 2.02. The van der Waals surface area contributed by atoms with E-state index in [0.717, 1.165) is 5.56 Å². The summed E-state index contributed by atoms with van der Waals surface area (Å²) >= 11 is 0. The highest BCUT2D eigenvalue weighted by Gasteiger charge is 1.96. The predicted molar refractivity (Wildman–Crippen MR) is 39.5 cm³/mol. The minimum absolute atomic E-state index is 0.516. The maximum atomic E-state index is 8.36. The SMILES string of the molecule is Cc1cc(CC#N)cn1C. The Hall–Kier alpha value is -1.23. The van der Waals surface area contributed by atoms with Crippen molar-refractivity contribution in [1.29, 1.82) is 5.26 Å². The van der Waals surface area contributed by atoms with E-state index in [4.69, 9.17) is 5.26 Å². The molecule has 0 bridgehead atoms. The minimum Gasteiger partial charge on any atom is -0.354 e. The van der Waals surface area contributed by atoms with Gasteiger partial charge >= 0.3 is 0 Å². The van der Waals surface area contributed by atoms with Crippen molar-refractivity contribution in [2.45, 2.75) is 13.3 Å². The van der Waals surface area contributed by atoms with Crippen LogP contribution in [0.4, 0.5) is 0 Å². The summed E-state index contributed by atoms with van der Waals surface area (Å²) in [4.78, 5) is 0. The molecule has 2 heteroatoms. The Morgan fingerprint density at radius 1 is 1.70 bits per heavy atom. The topological polar surface area (TPSA) is 28.7 Å². The molecule has 0 unspecified atom stereocenters. The van der Waals surface area contributed by atoms with Gasteiger partial charge in [-0.1, -0.05) is 0 Å². The zero-order valence-electron chi connectivity index (χ0n) is 6.26. The van der Waals surface area contributed by atoms with Crippen LogP contribution in [0.15, 0.2) is 12.3 Å². The van der Waals surface area contributed by atoms with Gasteiger partial charge in [0.25, 0.3) is 0 Å². The number of nitriles is 1. The van der Waals surface area contributed by atoms with Crippen molar-refractivity contribution in [2.75, 3.05) is 0 Å². The first kappa shape index (κ1) is 6.88. The molecule has 0 saturated carbocycles.